The quantitative estimate of drug-likeness (QED) is 0.730. The van der Waals surface area contributed by atoms with Gasteiger partial charge in [-0.15, -0.1) is 0 Å². The molecule has 0 unspecified atom stereocenters. The maximum Gasteiger partial charge on any atom is 0.214 e. The summed E-state index contributed by atoms with van der Waals surface area (Å²) in [6.45, 7) is 1.53. The predicted molar refractivity (Wildman–Crippen MR) is 57.2 cm³/mol. The Morgan fingerprint density at radius 2 is 2.07 bits per heavy atom. The minimum absolute atomic E-state index is 0.342. The maximum absolute atomic E-state index is 11.1. The first-order valence-electron chi connectivity index (χ1n) is 5.07. The van der Waals surface area contributed by atoms with Crippen molar-refractivity contribution in [2.24, 2.45) is 0 Å². The van der Waals surface area contributed by atoms with Crippen molar-refractivity contribution in [2.75, 3.05) is 25.1 Å². The number of aromatic nitrogens is 1. The van der Waals surface area contributed by atoms with Gasteiger partial charge in [0, 0.05) is 32.0 Å². The molecule has 0 radical (unpaired) electrons. The number of rotatable bonds is 2. The van der Waals surface area contributed by atoms with Crippen LogP contribution < -0.4 is 9.64 Å². The molecule has 0 saturated carbocycles. The molecule has 1 saturated heterocycles. The number of carbonyl (C=O) groups is 1. The number of hydrogen-bond acceptors (Lipinski definition) is 4. The van der Waals surface area contributed by atoms with Gasteiger partial charge in [-0.2, -0.15) is 4.98 Å². The fraction of sp³-hybridized carbons (Fsp3) is 0.455. The van der Waals surface area contributed by atoms with Crippen molar-refractivity contribution in [3.63, 3.8) is 0 Å². The molecular weight excluding hydrogens is 192 g/mol. The van der Waals surface area contributed by atoms with Crippen molar-refractivity contribution in [1.29, 1.82) is 0 Å². The van der Waals surface area contributed by atoms with Crippen LogP contribution in [0.4, 0.5) is 5.82 Å². The molecule has 4 heteroatoms. The molecular formula is C11H14N2O2. The molecule has 0 aromatic carbocycles. The molecule has 1 aliphatic rings. The summed E-state index contributed by atoms with van der Waals surface area (Å²) < 4.78 is 5.06. The van der Waals surface area contributed by atoms with Gasteiger partial charge in [0.1, 0.15) is 11.6 Å². The molecule has 1 aromatic heterocycles. The number of ether oxygens (including phenoxy) is 1. The van der Waals surface area contributed by atoms with Gasteiger partial charge in [-0.3, -0.25) is 4.79 Å². The van der Waals surface area contributed by atoms with Crippen LogP contribution in [0.3, 0.4) is 0 Å². The SMILES string of the molecule is COc1cccc(N2CCC(=O)CC2)n1. The first kappa shape index (κ1) is 9.96. The van der Waals surface area contributed by atoms with Gasteiger partial charge >= 0.3 is 0 Å². The topological polar surface area (TPSA) is 42.4 Å². The lowest BCUT2D eigenvalue weighted by atomic mass is 10.1. The maximum atomic E-state index is 11.1. The highest BCUT2D eigenvalue weighted by molar-refractivity contribution is 5.80. The highest BCUT2D eigenvalue weighted by Crippen LogP contribution is 2.18. The number of methoxy groups -OCH3 is 1. The molecule has 0 atom stereocenters. The van der Waals surface area contributed by atoms with E-state index in [2.05, 4.69) is 9.88 Å². The third kappa shape index (κ3) is 2.26. The summed E-state index contributed by atoms with van der Waals surface area (Å²) in [5.74, 6) is 1.85. The van der Waals surface area contributed by atoms with E-state index in [1.165, 1.54) is 0 Å². The first-order valence-corrected chi connectivity index (χ1v) is 5.07. The molecule has 4 nitrogen and oxygen atoms in total. The lowest BCUT2D eigenvalue weighted by Gasteiger charge is -2.27. The number of anilines is 1. The van der Waals surface area contributed by atoms with Crippen LogP contribution in [-0.4, -0.2) is 31.0 Å². The Bertz CT molecular complexity index is 355. The Balaban J connectivity index is 2.11. The Labute approximate surface area is 88.9 Å². The third-order valence-corrected chi connectivity index (χ3v) is 2.56. The van der Waals surface area contributed by atoms with Crippen LogP contribution in [0.1, 0.15) is 12.8 Å². The molecule has 2 heterocycles. The molecule has 0 bridgehead atoms. The van der Waals surface area contributed by atoms with Gasteiger partial charge < -0.3 is 9.64 Å². The third-order valence-electron chi connectivity index (χ3n) is 2.56. The number of carbonyl (C=O) groups excluding carboxylic acids is 1. The van der Waals surface area contributed by atoms with Crippen LogP contribution in [0.25, 0.3) is 0 Å². The number of pyridine rings is 1. The van der Waals surface area contributed by atoms with E-state index in [0.717, 1.165) is 18.9 Å². The average molecular weight is 206 g/mol. The first-order chi connectivity index (χ1) is 7.29. The van der Waals surface area contributed by atoms with Crippen LogP contribution >= 0.6 is 0 Å². The summed E-state index contributed by atoms with van der Waals surface area (Å²) in [6, 6.07) is 5.68. The van der Waals surface area contributed by atoms with E-state index in [4.69, 9.17) is 4.74 Å². The lowest BCUT2D eigenvalue weighted by molar-refractivity contribution is -0.119. The van der Waals surface area contributed by atoms with Gasteiger partial charge in [-0.1, -0.05) is 6.07 Å². The zero-order valence-corrected chi connectivity index (χ0v) is 8.77. The zero-order chi connectivity index (χ0) is 10.7. The Morgan fingerprint density at radius 1 is 1.33 bits per heavy atom. The summed E-state index contributed by atoms with van der Waals surface area (Å²) >= 11 is 0. The Morgan fingerprint density at radius 3 is 2.73 bits per heavy atom. The Kier molecular flexibility index (Phi) is 2.85. The fourth-order valence-corrected chi connectivity index (χ4v) is 1.68. The molecule has 15 heavy (non-hydrogen) atoms. The van der Waals surface area contributed by atoms with Crippen molar-refractivity contribution >= 4 is 11.6 Å². The van der Waals surface area contributed by atoms with E-state index in [9.17, 15) is 4.79 Å². The van der Waals surface area contributed by atoms with Gasteiger partial charge in [0.15, 0.2) is 0 Å². The van der Waals surface area contributed by atoms with E-state index in [0.29, 0.717) is 24.5 Å². The van der Waals surface area contributed by atoms with E-state index in [-0.39, 0.29) is 0 Å². The van der Waals surface area contributed by atoms with E-state index in [1.807, 2.05) is 18.2 Å². The van der Waals surface area contributed by atoms with Gasteiger partial charge in [0.05, 0.1) is 7.11 Å². The number of nitrogens with zero attached hydrogens (tertiary/aromatic N) is 2. The molecule has 2 rings (SSSR count). The monoisotopic (exact) mass is 206 g/mol. The van der Waals surface area contributed by atoms with Gasteiger partial charge in [-0.25, -0.2) is 0 Å². The van der Waals surface area contributed by atoms with Crippen LogP contribution in [0.15, 0.2) is 18.2 Å². The van der Waals surface area contributed by atoms with E-state index < -0.39 is 0 Å². The highest BCUT2D eigenvalue weighted by atomic mass is 16.5. The van der Waals surface area contributed by atoms with Crippen molar-refractivity contribution in [3.05, 3.63) is 18.2 Å². The minimum atomic E-state index is 0.342. The second-order valence-corrected chi connectivity index (χ2v) is 3.56. The largest absolute Gasteiger partial charge is 0.481 e. The summed E-state index contributed by atoms with van der Waals surface area (Å²) in [6.07, 6.45) is 1.25. The van der Waals surface area contributed by atoms with Crippen LogP contribution in [0, 0.1) is 0 Å². The molecule has 1 aromatic rings. The fourth-order valence-electron chi connectivity index (χ4n) is 1.68. The zero-order valence-electron chi connectivity index (χ0n) is 8.77. The molecule has 0 aliphatic carbocycles. The van der Waals surface area contributed by atoms with Crippen LogP contribution in [0.5, 0.6) is 5.88 Å². The number of piperidine rings is 1. The van der Waals surface area contributed by atoms with Crippen LogP contribution in [-0.2, 0) is 4.79 Å². The number of hydrogen-bond donors (Lipinski definition) is 0. The van der Waals surface area contributed by atoms with Crippen LogP contribution in [0.2, 0.25) is 0 Å². The normalized spacial score (nSPS) is 16.6. The highest BCUT2D eigenvalue weighted by Gasteiger charge is 2.17. The molecule has 80 valence electrons. The lowest BCUT2D eigenvalue weighted by Crippen LogP contribution is -2.34. The minimum Gasteiger partial charge on any atom is -0.481 e. The van der Waals surface area contributed by atoms with Crippen molar-refractivity contribution in [2.45, 2.75) is 12.8 Å². The summed E-state index contributed by atoms with van der Waals surface area (Å²) in [7, 11) is 1.60. The molecule has 1 aliphatic heterocycles. The predicted octanol–water partition coefficient (Wildman–Crippen LogP) is 1.26. The van der Waals surface area contributed by atoms with E-state index >= 15 is 0 Å². The van der Waals surface area contributed by atoms with Gasteiger partial charge in [0.2, 0.25) is 5.88 Å². The van der Waals surface area contributed by atoms with Gasteiger partial charge in [0.25, 0.3) is 0 Å². The number of Topliss-reactive ketones (excluding diaryl/α,β-unsaturated/α-hetero) is 1. The van der Waals surface area contributed by atoms with Crippen molar-refractivity contribution < 1.29 is 9.53 Å². The smallest absolute Gasteiger partial charge is 0.214 e. The summed E-state index contributed by atoms with van der Waals surface area (Å²) in [5.41, 5.74) is 0. The second kappa shape index (κ2) is 4.29. The van der Waals surface area contributed by atoms with Crippen molar-refractivity contribution in [1.82, 2.24) is 4.98 Å². The second-order valence-electron chi connectivity index (χ2n) is 3.56. The Hall–Kier alpha value is -1.58. The van der Waals surface area contributed by atoms with Gasteiger partial charge in [-0.05, 0) is 6.07 Å². The molecule has 1 fully saturated rings. The summed E-state index contributed by atoms with van der Waals surface area (Å²) in [4.78, 5) is 17.5. The van der Waals surface area contributed by atoms with Crippen molar-refractivity contribution in [3.8, 4) is 5.88 Å². The van der Waals surface area contributed by atoms with E-state index in [1.54, 1.807) is 7.11 Å². The number of ketones is 1. The molecule has 0 N–H and O–H groups in total. The summed E-state index contributed by atoms with van der Waals surface area (Å²) in [5, 5.41) is 0. The molecule has 0 spiro atoms. The average Bonchev–Trinajstić information content (AvgIpc) is 2.30. The standard InChI is InChI=1S/C11H14N2O2/c1-15-11-4-2-3-10(12-11)13-7-5-9(14)6-8-13/h2-4H,5-8H2,1H3. The molecule has 0 amide bonds.